The number of primary amides is 1. The van der Waals surface area contributed by atoms with E-state index in [2.05, 4.69) is 0 Å². The van der Waals surface area contributed by atoms with Crippen LogP contribution in [0.1, 0.15) is 20.8 Å². The molecule has 1 heterocycles. The van der Waals surface area contributed by atoms with Crippen LogP contribution in [-0.2, 0) is 0 Å². The topological polar surface area (TPSA) is 69.1 Å². The Hall–Kier alpha value is -1.03. The summed E-state index contributed by atoms with van der Waals surface area (Å²) in [5, 5.41) is 0.521. The predicted molar refractivity (Wildman–Crippen MR) is 46.7 cm³/mol. The van der Waals surface area contributed by atoms with Gasteiger partial charge in [-0.05, 0) is 19.4 Å². The fraction of sp³-hybridized carbons (Fsp3) is 0.286. The number of rotatable bonds is 1. The number of carbonyl (C=O) groups is 1. The largest absolute Gasteiger partial charge is 0.390 e. The van der Waals surface area contributed by atoms with Crippen molar-refractivity contribution in [3.05, 3.63) is 16.0 Å². The van der Waals surface area contributed by atoms with E-state index in [4.69, 9.17) is 11.5 Å². The van der Waals surface area contributed by atoms with E-state index in [1.54, 1.807) is 0 Å². The van der Waals surface area contributed by atoms with Crippen LogP contribution < -0.4 is 11.5 Å². The number of carbonyl (C=O) groups excluding carboxylic acids is 1. The van der Waals surface area contributed by atoms with Crippen molar-refractivity contribution in [1.29, 1.82) is 0 Å². The minimum Gasteiger partial charge on any atom is -0.390 e. The van der Waals surface area contributed by atoms with Gasteiger partial charge in [0, 0.05) is 4.88 Å². The third-order valence-corrected chi connectivity index (χ3v) is 2.70. The third-order valence-electron chi connectivity index (χ3n) is 1.66. The van der Waals surface area contributed by atoms with Crippen LogP contribution in [0.5, 0.6) is 0 Å². The summed E-state index contributed by atoms with van der Waals surface area (Å²) in [6.07, 6.45) is 0. The quantitative estimate of drug-likeness (QED) is 0.661. The molecule has 0 radical (unpaired) electrons. The summed E-state index contributed by atoms with van der Waals surface area (Å²) < 4.78 is 0. The molecule has 0 fully saturated rings. The van der Waals surface area contributed by atoms with E-state index < -0.39 is 5.91 Å². The molecule has 0 saturated carbocycles. The first kappa shape index (κ1) is 8.07. The summed E-state index contributed by atoms with van der Waals surface area (Å²) >= 11 is 1.40. The summed E-state index contributed by atoms with van der Waals surface area (Å²) in [4.78, 5) is 11.9. The van der Waals surface area contributed by atoms with Crippen LogP contribution in [0.4, 0.5) is 5.00 Å². The number of thiophene rings is 1. The normalized spacial score (nSPS) is 10.0. The highest BCUT2D eigenvalue weighted by Gasteiger charge is 2.13. The minimum absolute atomic E-state index is 0.440. The molecule has 0 aromatic carbocycles. The van der Waals surface area contributed by atoms with Crippen LogP contribution in [0, 0.1) is 13.8 Å². The monoisotopic (exact) mass is 170 g/mol. The number of hydrogen-bond acceptors (Lipinski definition) is 3. The molecule has 1 aromatic rings. The molecule has 0 atom stereocenters. The lowest BCUT2D eigenvalue weighted by Gasteiger charge is -1.93. The molecule has 4 N–H and O–H groups in total. The molecule has 60 valence electrons. The average molecular weight is 170 g/mol. The molecular weight excluding hydrogens is 160 g/mol. The van der Waals surface area contributed by atoms with Crippen LogP contribution in [0.3, 0.4) is 0 Å². The van der Waals surface area contributed by atoms with Gasteiger partial charge in [0.15, 0.2) is 0 Å². The zero-order valence-corrected chi connectivity index (χ0v) is 7.29. The van der Waals surface area contributed by atoms with Gasteiger partial charge in [0.05, 0.1) is 10.6 Å². The molecule has 0 aliphatic heterocycles. The molecule has 4 heteroatoms. The van der Waals surface area contributed by atoms with Gasteiger partial charge < -0.3 is 11.5 Å². The van der Waals surface area contributed by atoms with Crippen LogP contribution in [0.2, 0.25) is 0 Å². The van der Waals surface area contributed by atoms with Gasteiger partial charge in [-0.15, -0.1) is 11.3 Å². The summed E-state index contributed by atoms with van der Waals surface area (Å²) in [6, 6.07) is 0. The van der Waals surface area contributed by atoms with E-state index in [-0.39, 0.29) is 0 Å². The van der Waals surface area contributed by atoms with E-state index >= 15 is 0 Å². The highest BCUT2D eigenvalue weighted by Crippen LogP contribution is 2.28. The lowest BCUT2D eigenvalue weighted by Crippen LogP contribution is -2.13. The Labute approximate surface area is 69.0 Å². The molecule has 0 bridgehead atoms. The summed E-state index contributed by atoms with van der Waals surface area (Å²) in [7, 11) is 0. The molecule has 0 aliphatic rings. The second kappa shape index (κ2) is 2.54. The van der Waals surface area contributed by atoms with E-state index in [0.717, 1.165) is 10.4 Å². The SMILES string of the molecule is Cc1sc(N)c(C(N)=O)c1C. The molecule has 1 aromatic heterocycles. The van der Waals surface area contributed by atoms with Gasteiger partial charge in [-0.25, -0.2) is 0 Å². The van der Waals surface area contributed by atoms with Crippen molar-refractivity contribution in [2.75, 3.05) is 5.73 Å². The van der Waals surface area contributed by atoms with Crippen molar-refractivity contribution in [3.8, 4) is 0 Å². The van der Waals surface area contributed by atoms with Crippen LogP contribution >= 0.6 is 11.3 Å². The van der Waals surface area contributed by atoms with Crippen molar-refractivity contribution in [3.63, 3.8) is 0 Å². The summed E-state index contributed by atoms with van der Waals surface area (Å²) in [6.45, 7) is 3.77. The van der Waals surface area contributed by atoms with E-state index in [0.29, 0.717) is 10.6 Å². The lowest BCUT2D eigenvalue weighted by molar-refractivity contribution is 0.100. The van der Waals surface area contributed by atoms with Gasteiger partial charge in [0.1, 0.15) is 0 Å². The lowest BCUT2D eigenvalue weighted by atomic mass is 10.1. The van der Waals surface area contributed by atoms with Gasteiger partial charge in [-0.2, -0.15) is 0 Å². The van der Waals surface area contributed by atoms with Crippen molar-refractivity contribution < 1.29 is 4.79 Å². The molecule has 0 saturated heterocycles. The Bertz CT molecular complexity index is 304. The molecule has 1 amide bonds. The number of aryl methyl sites for hydroxylation is 1. The number of anilines is 1. The van der Waals surface area contributed by atoms with E-state index in [1.807, 2.05) is 13.8 Å². The maximum atomic E-state index is 10.8. The van der Waals surface area contributed by atoms with Crippen molar-refractivity contribution >= 4 is 22.2 Å². The smallest absolute Gasteiger partial charge is 0.251 e. The van der Waals surface area contributed by atoms with E-state index in [1.165, 1.54) is 11.3 Å². The predicted octanol–water partition coefficient (Wildman–Crippen LogP) is 1.05. The Balaban J connectivity index is 3.34. The fourth-order valence-electron chi connectivity index (χ4n) is 0.960. The first-order chi connectivity index (χ1) is 5.04. The van der Waals surface area contributed by atoms with Gasteiger partial charge in [0.2, 0.25) is 0 Å². The number of amides is 1. The van der Waals surface area contributed by atoms with Crippen LogP contribution in [0.25, 0.3) is 0 Å². The van der Waals surface area contributed by atoms with Crippen LogP contribution in [-0.4, -0.2) is 5.91 Å². The number of nitrogen functional groups attached to an aromatic ring is 1. The van der Waals surface area contributed by atoms with Gasteiger partial charge >= 0.3 is 0 Å². The van der Waals surface area contributed by atoms with Gasteiger partial charge in [-0.3, -0.25) is 4.79 Å². The Kier molecular flexibility index (Phi) is 1.87. The molecular formula is C7H10N2OS. The molecule has 11 heavy (non-hydrogen) atoms. The molecule has 3 nitrogen and oxygen atoms in total. The molecule has 1 rings (SSSR count). The molecule has 0 aliphatic carbocycles. The number of nitrogens with two attached hydrogens (primary N) is 2. The van der Waals surface area contributed by atoms with E-state index in [9.17, 15) is 4.79 Å². The zero-order valence-electron chi connectivity index (χ0n) is 6.47. The van der Waals surface area contributed by atoms with Crippen LogP contribution in [0.15, 0.2) is 0 Å². The number of hydrogen-bond donors (Lipinski definition) is 2. The first-order valence-electron chi connectivity index (χ1n) is 3.19. The molecule has 0 spiro atoms. The van der Waals surface area contributed by atoms with Gasteiger partial charge in [-0.1, -0.05) is 0 Å². The molecule has 0 unspecified atom stereocenters. The Morgan fingerprint density at radius 1 is 1.45 bits per heavy atom. The fourth-order valence-corrected chi connectivity index (χ4v) is 1.90. The second-order valence-electron chi connectivity index (χ2n) is 2.39. The summed E-state index contributed by atoms with van der Waals surface area (Å²) in [5.41, 5.74) is 12.1. The van der Waals surface area contributed by atoms with Crippen molar-refractivity contribution in [2.45, 2.75) is 13.8 Å². The van der Waals surface area contributed by atoms with Gasteiger partial charge in [0.25, 0.3) is 5.91 Å². The Morgan fingerprint density at radius 2 is 2.00 bits per heavy atom. The average Bonchev–Trinajstić information content (AvgIpc) is 2.07. The standard InChI is InChI=1S/C7H10N2OS/c1-3-4(2)11-7(9)5(3)6(8)10/h9H2,1-2H3,(H2,8,10). The first-order valence-corrected chi connectivity index (χ1v) is 4.01. The highest BCUT2D eigenvalue weighted by atomic mass is 32.1. The third kappa shape index (κ3) is 1.21. The van der Waals surface area contributed by atoms with Crippen molar-refractivity contribution in [1.82, 2.24) is 0 Å². The summed E-state index contributed by atoms with van der Waals surface area (Å²) in [5.74, 6) is -0.440. The minimum atomic E-state index is -0.440. The second-order valence-corrected chi connectivity index (χ2v) is 3.64. The Morgan fingerprint density at radius 3 is 2.18 bits per heavy atom. The van der Waals surface area contributed by atoms with Crippen molar-refractivity contribution in [2.24, 2.45) is 5.73 Å². The maximum Gasteiger partial charge on any atom is 0.251 e. The highest BCUT2D eigenvalue weighted by molar-refractivity contribution is 7.16. The maximum absolute atomic E-state index is 10.8. The zero-order chi connectivity index (χ0) is 8.59.